The van der Waals surface area contributed by atoms with E-state index in [-0.39, 0.29) is 11.7 Å². The highest BCUT2D eigenvalue weighted by atomic mass is 32.2. The van der Waals surface area contributed by atoms with Crippen molar-refractivity contribution in [3.8, 4) is 5.69 Å². The van der Waals surface area contributed by atoms with Crippen LogP contribution in [-0.4, -0.2) is 21.4 Å². The highest BCUT2D eigenvalue weighted by Crippen LogP contribution is 2.36. The molecule has 3 aromatic rings. The van der Waals surface area contributed by atoms with Crippen molar-refractivity contribution in [2.24, 2.45) is 5.92 Å². The Hall–Kier alpha value is -1.63. The Bertz CT molecular complexity index is 1070. The Kier molecular flexibility index (Phi) is 5.63. The van der Waals surface area contributed by atoms with Crippen LogP contribution < -0.4 is 5.56 Å². The molecule has 1 aromatic carbocycles. The van der Waals surface area contributed by atoms with E-state index in [2.05, 4.69) is 20.8 Å². The SMILES string of the molecule is CCCSc1nc2sc3c(c2c(=O)n1-c1ccccc1C)C[C@H](C(C)C)OC3. The van der Waals surface area contributed by atoms with Gasteiger partial charge in [-0.2, -0.15) is 0 Å². The van der Waals surface area contributed by atoms with Gasteiger partial charge in [-0.15, -0.1) is 11.3 Å². The van der Waals surface area contributed by atoms with Gasteiger partial charge in [-0.3, -0.25) is 9.36 Å². The summed E-state index contributed by atoms with van der Waals surface area (Å²) in [7, 11) is 0. The first-order valence-corrected chi connectivity index (χ1v) is 11.7. The first-order chi connectivity index (χ1) is 13.5. The second kappa shape index (κ2) is 8.01. The number of thioether (sulfide) groups is 1. The van der Waals surface area contributed by atoms with Gasteiger partial charge in [-0.05, 0) is 36.5 Å². The molecule has 0 aliphatic carbocycles. The van der Waals surface area contributed by atoms with E-state index in [9.17, 15) is 4.79 Å². The van der Waals surface area contributed by atoms with Gasteiger partial charge in [0.25, 0.3) is 5.56 Å². The summed E-state index contributed by atoms with van der Waals surface area (Å²) in [4.78, 5) is 20.7. The Morgan fingerprint density at radius 1 is 1.36 bits per heavy atom. The Morgan fingerprint density at radius 2 is 2.14 bits per heavy atom. The minimum atomic E-state index is 0.0554. The lowest BCUT2D eigenvalue weighted by molar-refractivity contribution is 0.00200. The van der Waals surface area contributed by atoms with Gasteiger partial charge in [-0.1, -0.05) is 50.7 Å². The van der Waals surface area contributed by atoms with E-state index >= 15 is 0 Å². The molecule has 0 radical (unpaired) electrons. The minimum absolute atomic E-state index is 0.0554. The van der Waals surface area contributed by atoms with E-state index in [1.807, 2.05) is 35.8 Å². The molecule has 1 aliphatic rings. The molecule has 1 aliphatic heterocycles. The maximum absolute atomic E-state index is 13.8. The van der Waals surface area contributed by atoms with Crippen molar-refractivity contribution in [2.45, 2.75) is 58.4 Å². The van der Waals surface area contributed by atoms with Crippen LogP contribution in [0.1, 0.15) is 43.2 Å². The number of ether oxygens (including phenoxy) is 1. The van der Waals surface area contributed by atoms with Gasteiger partial charge in [0.05, 0.1) is 23.8 Å². The fraction of sp³-hybridized carbons (Fsp3) is 0.455. The standard InChI is InChI=1S/C22H26N2O2S2/c1-5-10-27-22-23-20-19(15-11-17(13(2)3)26-12-18(15)28-20)21(25)24(22)16-9-7-6-8-14(16)4/h6-9,13,17H,5,10-12H2,1-4H3/t17-/m1/s1. The Morgan fingerprint density at radius 3 is 2.86 bits per heavy atom. The smallest absolute Gasteiger partial charge is 0.267 e. The van der Waals surface area contributed by atoms with Crippen LogP contribution >= 0.6 is 23.1 Å². The van der Waals surface area contributed by atoms with Crippen molar-refractivity contribution in [1.29, 1.82) is 0 Å². The average molecular weight is 415 g/mol. The molecule has 0 saturated heterocycles. The van der Waals surface area contributed by atoms with Gasteiger partial charge in [0.2, 0.25) is 0 Å². The predicted octanol–water partition coefficient (Wildman–Crippen LogP) is 5.36. The molecule has 0 amide bonds. The van der Waals surface area contributed by atoms with E-state index in [4.69, 9.17) is 9.72 Å². The molecule has 0 N–H and O–H groups in total. The zero-order chi connectivity index (χ0) is 19.8. The fourth-order valence-corrected chi connectivity index (χ4v) is 5.68. The van der Waals surface area contributed by atoms with Gasteiger partial charge in [0.15, 0.2) is 5.16 Å². The molecule has 0 unspecified atom stereocenters. The van der Waals surface area contributed by atoms with Crippen LogP contribution in [0.15, 0.2) is 34.2 Å². The number of hydrogen-bond acceptors (Lipinski definition) is 5. The zero-order valence-electron chi connectivity index (χ0n) is 16.8. The van der Waals surface area contributed by atoms with Crippen LogP contribution in [0.2, 0.25) is 0 Å². The van der Waals surface area contributed by atoms with E-state index in [0.29, 0.717) is 12.5 Å². The number of aromatic nitrogens is 2. The van der Waals surface area contributed by atoms with E-state index < -0.39 is 0 Å². The minimum Gasteiger partial charge on any atom is -0.372 e. The third-order valence-corrected chi connectivity index (χ3v) is 7.49. The van der Waals surface area contributed by atoms with Crippen molar-refractivity contribution in [1.82, 2.24) is 9.55 Å². The lowest BCUT2D eigenvalue weighted by Crippen LogP contribution is -2.28. The number of fused-ring (bicyclic) bond motifs is 3. The number of aryl methyl sites for hydroxylation is 1. The van der Waals surface area contributed by atoms with E-state index in [0.717, 1.165) is 55.7 Å². The highest BCUT2D eigenvalue weighted by Gasteiger charge is 2.28. The lowest BCUT2D eigenvalue weighted by atomic mass is 9.96. The van der Waals surface area contributed by atoms with Crippen LogP contribution in [0.4, 0.5) is 0 Å². The molecule has 0 fully saturated rings. The monoisotopic (exact) mass is 414 g/mol. The summed E-state index contributed by atoms with van der Waals surface area (Å²) in [6.45, 7) is 9.13. The van der Waals surface area contributed by atoms with Crippen molar-refractivity contribution >= 4 is 33.3 Å². The molecule has 1 atom stereocenters. The number of para-hydroxylation sites is 1. The normalized spacial score (nSPS) is 16.7. The molecule has 28 heavy (non-hydrogen) atoms. The second-order valence-electron chi connectivity index (χ2n) is 7.65. The second-order valence-corrected chi connectivity index (χ2v) is 9.80. The maximum Gasteiger partial charge on any atom is 0.267 e. The topological polar surface area (TPSA) is 44.1 Å². The molecule has 148 valence electrons. The average Bonchev–Trinajstić information content (AvgIpc) is 3.05. The molecule has 2 aromatic heterocycles. The molecule has 0 saturated carbocycles. The summed E-state index contributed by atoms with van der Waals surface area (Å²) in [5.41, 5.74) is 3.21. The largest absolute Gasteiger partial charge is 0.372 e. The van der Waals surface area contributed by atoms with Gasteiger partial charge in [-0.25, -0.2) is 4.98 Å². The summed E-state index contributed by atoms with van der Waals surface area (Å²) >= 11 is 3.28. The van der Waals surface area contributed by atoms with Gasteiger partial charge in [0.1, 0.15) is 4.83 Å². The number of hydrogen-bond donors (Lipinski definition) is 0. The van der Waals surface area contributed by atoms with Crippen molar-refractivity contribution in [2.75, 3.05) is 5.75 Å². The van der Waals surface area contributed by atoms with Crippen molar-refractivity contribution in [3.63, 3.8) is 0 Å². The van der Waals surface area contributed by atoms with Crippen LogP contribution in [0.3, 0.4) is 0 Å². The Labute approximate surface area is 174 Å². The van der Waals surface area contributed by atoms with Crippen molar-refractivity contribution in [3.05, 3.63) is 50.6 Å². The van der Waals surface area contributed by atoms with Crippen LogP contribution in [0, 0.1) is 12.8 Å². The molecule has 0 spiro atoms. The quantitative estimate of drug-likeness (QED) is 0.417. The third kappa shape index (κ3) is 3.42. The first-order valence-electron chi connectivity index (χ1n) is 9.89. The van der Waals surface area contributed by atoms with Crippen molar-refractivity contribution < 1.29 is 4.74 Å². The predicted molar refractivity (Wildman–Crippen MR) is 118 cm³/mol. The number of thiophene rings is 1. The summed E-state index contributed by atoms with van der Waals surface area (Å²) in [5.74, 6) is 1.36. The van der Waals surface area contributed by atoms with E-state index in [1.54, 1.807) is 23.1 Å². The molecule has 6 heteroatoms. The maximum atomic E-state index is 13.8. The van der Waals surface area contributed by atoms with Crippen LogP contribution in [-0.2, 0) is 17.8 Å². The zero-order valence-corrected chi connectivity index (χ0v) is 18.5. The first kappa shape index (κ1) is 19.7. The molecular formula is C22H26N2O2S2. The molecule has 4 rings (SSSR count). The van der Waals surface area contributed by atoms with E-state index in [1.165, 1.54) is 0 Å². The molecule has 0 bridgehead atoms. The van der Waals surface area contributed by atoms with Crippen LogP contribution in [0.25, 0.3) is 15.9 Å². The molecule has 3 heterocycles. The summed E-state index contributed by atoms with van der Waals surface area (Å²) in [5, 5.41) is 1.58. The fourth-order valence-electron chi connectivity index (χ4n) is 3.65. The summed E-state index contributed by atoms with van der Waals surface area (Å²) in [6, 6.07) is 8.05. The van der Waals surface area contributed by atoms with Gasteiger partial charge >= 0.3 is 0 Å². The lowest BCUT2D eigenvalue weighted by Gasteiger charge is -2.26. The third-order valence-electron chi connectivity index (χ3n) is 5.25. The Balaban J connectivity index is 1.96. The number of benzene rings is 1. The summed E-state index contributed by atoms with van der Waals surface area (Å²) < 4.78 is 7.86. The molecule has 4 nitrogen and oxygen atoms in total. The summed E-state index contributed by atoms with van der Waals surface area (Å²) in [6.07, 6.45) is 1.99. The number of nitrogens with zero attached hydrogens (tertiary/aromatic N) is 2. The van der Waals surface area contributed by atoms with Gasteiger partial charge < -0.3 is 4.74 Å². The highest BCUT2D eigenvalue weighted by molar-refractivity contribution is 7.99. The van der Waals surface area contributed by atoms with Crippen LogP contribution in [0.5, 0.6) is 0 Å². The number of rotatable bonds is 5. The molecular weight excluding hydrogens is 388 g/mol. The van der Waals surface area contributed by atoms with Gasteiger partial charge in [0, 0.05) is 17.1 Å².